The van der Waals surface area contributed by atoms with Crippen molar-refractivity contribution in [1.29, 1.82) is 0 Å². The Morgan fingerprint density at radius 3 is 0.817 bits per heavy atom. The van der Waals surface area contributed by atoms with Crippen LogP contribution in [0, 0.1) is 5.92 Å². The molecule has 1 atom stereocenters. The topological polar surface area (TPSA) is 78.9 Å². The fourth-order valence-corrected chi connectivity index (χ4v) is 8.22. The van der Waals surface area contributed by atoms with Crippen LogP contribution in [0.15, 0.2) is 0 Å². The van der Waals surface area contributed by atoms with Gasteiger partial charge in [0.15, 0.2) is 6.10 Å². The van der Waals surface area contributed by atoms with Crippen LogP contribution in [0.4, 0.5) is 0 Å². The molecule has 0 saturated heterocycles. The van der Waals surface area contributed by atoms with Crippen molar-refractivity contribution in [3.8, 4) is 0 Å². The normalized spacial score (nSPS) is 11.9. The second-order valence-corrected chi connectivity index (χ2v) is 19.0. The lowest BCUT2D eigenvalue weighted by atomic mass is 10.0. The summed E-state index contributed by atoms with van der Waals surface area (Å²) in [5, 5.41) is 0. The van der Waals surface area contributed by atoms with Crippen LogP contribution in [-0.4, -0.2) is 37.2 Å². The summed E-state index contributed by atoms with van der Waals surface area (Å²) in [6, 6.07) is 0. The standard InChI is InChI=1S/C54H104O6/c1-5-7-9-11-13-14-15-16-24-27-30-34-38-42-46-53(56)59-49-51(48-58-52(55)45-41-37-32-12-10-8-6-2)60-54(57)47-43-39-35-31-28-25-22-20-18-17-19-21-23-26-29-33-36-40-44-50(3)4/h50-51H,5-49H2,1-4H3/t51-/m0/s1. The summed E-state index contributed by atoms with van der Waals surface area (Å²) in [7, 11) is 0. The summed E-state index contributed by atoms with van der Waals surface area (Å²) in [5.74, 6) is 0.00967. The molecule has 0 N–H and O–H groups in total. The van der Waals surface area contributed by atoms with Gasteiger partial charge in [0.25, 0.3) is 0 Å². The minimum atomic E-state index is -0.759. The van der Waals surface area contributed by atoms with Gasteiger partial charge in [-0.2, -0.15) is 0 Å². The summed E-state index contributed by atoms with van der Waals surface area (Å²) < 4.78 is 16.8. The van der Waals surface area contributed by atoms with E-state index in [1.54, 1.807) is 0 Å². The van der Waals surface area contributed by atoms with E-state index in [9.17, 15) is 14.4 Å². The van der Waals surface area contributed by atoms with Gasteiger partial charge >= 0.3 is 17.9 Å². The van der Waals surface area contributed by atoms with Crippen LogP contribution in [0.5, 0.6) is 0 Å². The molecular formula is C54H104O6. The molecule has 0 amide bonds. The molecule has 0 unspecified atom stereocenters. The van der Waals surface area contributed by atoms with Gasteiger partial charge in [-0.25, -0.2) is 0 Å². The van der Waals surface area contributed by atoms with Crippen molar-refractivity contribution in [2.45, 2.75) is 310 Å². The minimum Gasteiger partial charge on any atom is -0.462 e. The van der Waals surface area contributed by atoms with Crippen LogP contribution in [-0.2, 0) is 28.6 Å². The number of unbranched alkanes of at least 4 members (excludes halogenated alkanes) is 36. The van der Waals surface area contributed by atoms with E-state index in [4.69, 9.17) is 14.2 Å². The fourth-order valence-electron chi connectivity index (χ4n) is 8.22. The lowest BCUT2D eigenvalue weighted by molar-refractivity contribution is -0.167. The van der Waals surface area contributed by atoms with E-state index in [0.29, 0.717) is 19.3 Å². The zero-order chi connectivity index (χ0) is 43.8. The van der Waals surface area contributed by atoms with Crippen LogP contribution in [0.3, 0.4) is 0 Å². The Kier molecular flexibility index (Phi) is 47.2. The van der Waals surface area contributed by atoms with Crippen LogP contribution in [0.2, 0.25) is 0 Å². The highest BCUT2D eigenvalue weighted by molar-refractivity contribution is 5.71. The lowest BCUT2D eigenvalue weighted by Crippen LogP contribution is -2.30. The average Bonchev–Trinajstić information content (AvgIpc) is 3.23. The maximum atomic E-state index is 12.8. The van der Waals surface area contributed by atoms with E-state index < -0.39 is 6.10 Å². The minimum absolute atomic E-state index is 0.0628. The van der Waals surface area contributed by atoms with Gasteiger partial charge in [-0.05, 0) is 25.2 Å². The van der Waals surface area contributed by atoms with E-state index in [0.717, 1.165) is 63.7 Å². The van der Waals surface area contributed by atoms with E-state index in [1.165, 1.54) is 199 Å². The van der Waals surface area contributed by atoms with Crippen LogP contribution in [0.25, 0.3) is 0 Å². The highest BCUT2D eigenvalue weighted by Crippen LogP contribution is 2.17. The van der Waals surface area contributed by atoms with E-state index >= 15 is 0 Å². The molecule has 0 aliphatic rings. The van der Waals surface area contributed by atoms with Crippen molar-refractivity contribution in [3.63, 3.8) is 0 Å². The number of carbonyl (C=O) groups excluding carboxylic acids is 3. The first kappa shape index (κ1) is 58.4. The van der Waals surface area contributed by atoms with Crippen molar-refractivity contribution >= 4 is 17.9 Å². The third-order valence-electron chi connectivity index (χ3n) is 12.3. The molecule has 0 heterocycles. The molecule has 0 rings (SSSR count). The third-order valence-corrected chi connectivity index (χ3v) is 12.3. The van der Waals surface area contributed by atoms with E-state index in [2.05, 4.69) is 27.7 Å². The predicted molar refractivity (Wildman–Crippen MR) is 257 cm³/mol. The van der Waals surface area contributed by atoms with Gasteiger partial charge in [-0.1, -0.05) is 265 Å². The van der Waals surface area contributed by atoms with Gasteiger partial charge in [0.05, 0.1) is 0 Å². The van der Waals surface area contributed by atoms with Gasteiger partial charge in [0, 0.05) is 19.3 Å². The second kappa shape index (κ2) is 48.4. The molecule has 6 nitrogen and oxygen atoms in total. The fraction of sp³-hybridized carbons (Fsp3) is 0.944. The molecule has 0 aromatic carbocycles. The third kappa shape index (κ3) is 47.5. The molecule has 0 bridgehead atoms. The van der Waals surface area contributed by atoms with Crippen molar-refractivity contribution < 1.29 is 28.6 Å². The van der Waals surface area contributed by atoms with Crippen LogP contribution in [0.1, 0.15) is 304 Å². The predicted octanol–water partition coefficient (Wildman–Crippen LogP) is 17.5. The molecule has 356 valence electrons. The first-order valence-corrected chi connectivity index (χ1v) is 26.9. The van der Waals surface area contributed by atoms with Gasteiger partial charge in [0.1, 0.15) is 13.2 Å². The largest absolute Gasteiger partial charge is 0.462 e. The van der Waals surface area contributed by atoms with Crippen molar-refractivity contribution in [2.75, 3.05) is 13.2 Å². The van der Waals surface area contributed by atoms with Crippen molar-refractivity contribution in [1.82, 2.24) is 0 Å². The molecule has 0 radical (unpaired) electrons. The highest BCUT2D eigenvalue weighted by Gasteiger charge is 2.19. The molecule has 6 heteroatoms. The molecule has 0 fully saturated rings. The molecular weight excluding hydrogens is 745 g/mol. The zero-order valence-electron chi connectivity index (χ0n) is 40.9. The number of rotatable bonds is 49. The molecule has 0 aromatic rings. The van der Waals surface area contributed by atoms with Gasteiger partial charge < -0.3 is 14.2 Å². The molecule has 60 heavy (non-hydrogen) atoms. The Hall–Kier alpha value is -1.59. The molecule has 0 aliphatic heterocycles. The molecule has 0 aromatic heterocycles. The van der Waals surface area contributed by atoms with Crippen molar-refractivity contribution in [3.05, 3.63) is 0 Å². The summed E-state index contributed by atoms with van der Waals surface area (Å²) in [6.45, 7) is 9.02. The maximum absolute atomic E-state index is 12.8. The molecule has 0 saturated carbocycles. The summed E-state index contributed by atoms with van der Waals surface area (Å²) >= 11 is 0. The Morgan fingerprint density at radius 1 is 0.317 bits per heavy atom. The first-order valence-electron chi connectivity index (χ1n) is 26.9. The van der Waals surface area contributed by atoms with Crippen molar-refractivity contribution in [2.24, 2.45) is 5.92 Å². The smallest absolute Gasteiger partial charge is 0.306 e. The number of hydrogen-bond acceptors (Lipinski definition) is 6. The average molecular weight is 849 g/mol. The molecule has 0 aliphatic carbocycles. The number of hydrogen-bond donors (Lipinski definition) is 0. The highest BCUT2D eigenvalue weighted by atomic mass is 16.6. The van der Waals surface area contributed by atoms with Gasteiger partial charge in [-0.15, -0.1) is 0 Å². The molecule has 0 spiro atoms. The SMILES string of the molecule is CCCCCCCCCCCCCCCCC(=O)OC[C@H](COC(=O)CCCCCCCCC)OC(=O)CCCCCCCCCCCCCCCCCCCCC(C)C. The lowest BCUT2D eigenvalue weighted by Gasteiger charge is -2.18. The second-order valence-electron chi connectivity index (χ2n) is 19.0. The van der Waals surface area contributed by atoms with Gasteiger partial charge in [-0.3, -0.25) is 14.4 Å². The van der Waals surface area contributed by atoms with Gasteiger partial charge in [0.2, 0.25) is 0 Å². The Bertz CT molecular complexity index is 903. The zero-order valence-corrected chi connectivity index (χ0v) is 40.9. The first-order chi connectivity index (χ1) is 29.4. The Balaban J connectivity index is 4.14. The quantitative estimate of drug-likeness (QED) is 0.0345. The summed E-state index contributed by atoms with van der Waals surface area (Å²) in [4.78, 5) is 37.8. The summed E-state index contributed by atoms with van der Waals surface area (Å²) in [5.41, 5.74) is 0. The van der Waals surface area contributed by atoms with Crippen LogP contribution < -0.4 is 0 Å². The maximum Gasteiger partial charge on any atom is 0.306 e. The van der Waals surface area contributed by atoms with Crippen LogP contribution >= 0.6 is 0 Å². The monoisotopic (exact) mass is 849 g/mol. The number of carbonyl (C=O) groups is 3. The number of ether oxygens (including phenoxy) is 3. The summed E-state index contributed by atoms with van der Waals surface area (Å²) in [6.07, 6.45) is 51.1. The number of esters is 3. The Labute approximate surface area is 374 Å². The Morgan fingerprint density at radius 2 is 0.550 bits per heavy atom. The van der Waals surface area contributed by atoms with E-state index in [-0.39, 0.29) is 31.1 Å². The van der Waals surface area contributed by atoms with E-state index in [1.807, 2.05) is 0 Å².